The van der Waals surface area contributed by atoms with E-state index >= 15 is 0 Å². The van der Waals surface area contributed by atoms with E-state index in [0.717, 1.165) is 0 Å². The number of hydrogen-bond donors (Lipinski definition) is 0. The summed E-state index contributed by atoms with van der Waals surface area (Å²) in [4.78, 5) is 15.2. The Morgan fingerprint density at radius 1 is 1.43 bits per heavy atom. The average Bonchev–Trinajstić information content (AvgIpc) is 2.26. The topological polar surface area (TPSA) is 77.5 Å². The summed E-state index contributed by atoms with van der Waals surface area (Å²) >= 11 is 0. The number of ketones is 1. The summed E-state index contributed by atoms with van der Waals surface area (Å²) in [5.74, 6) is -1.16. The Labute approximate surface area is 81.4 Å². The Kier molecular flexibility index (Phi) is 3.34. The summed E-state index contributed by atoms with van der Waals surface area (Å²) in [6.45, 7) is 0. The lowest BCUT2D eigenvalue weighted by Gasteiger charge is -1.98. The van der Waals surface area contributed by atoms with E-state index in [1.54, 1.807) is 30.3 Å². The summed E-state index contributed by atoms with van der Waals surface area (Å²) in [7, 11) is 0. The third-order valence-corrected chi connectivity index (χ3v) is 1.65. The van der Waals surface area contributed by atoms with Crippen LogP contribution in [0.5, 0.6) is 0 Å². The van der Waals surface area contributed by atoms with Gasteiger partial charge in [0.15, 0.2) is 5.78 Å². The second kappa shape index (κ2) is 4.74. The van der Waals surface area contributed by atoms with Crippen LogP contribution in [0, 0.1) is 28.6 Å². The molecule has 0 aliphatic carbocycles. The molecule has 0 amide bonds. The lowest BCUT2D eigenvalue weighted by Crippen LogP contribution is -2.07. The molecule has 1 rings (SSSR count). The Morgan fingerprint density at radius 3 is 2.64 bits per heavy atom. The van der Waals surface area contributed by atoms with E-state index in [1.807, 2.05) is 0 Å². The van der Waals surface area contributed by atoms with Crippen molar-refractivity contribution in [1.29, 1.82) is 10.5 Å². The number of aromatic nitrogens is 1. The van der Waals surface area contributed by atoms with Crippen LogP contribution in [-0.2, 0) is 0 Å². The third-order valence-electron chi connectivity index (χ3n) is 1.65. The molecule has 0 aliphatic rings. The quantitative estimate of drug-likeness (QED) is 0.665. The first-order valence-corrected chi connectivity index (χ1v) is 4.01. The number of nitrogens with zero attached hydrogens (tertiary/aromatic N) is 3. The van der Waals surface area contributed by atoms with Gasteiger partial charge < -0.3 is 0 Å². The van der Waals surface area contributed by atoms with Crippen molar-refractivity contribution in [3.05, 3.63) is 30.1 Å². The largest absolute Gasteiger partial charge is 0.292 e. The van der Waals surface area contributed by atoms with Crippen molar-refractivity contribution in [1.82, 2.24) is 4.98 Å². The minimum Gasteiger partial charge on any atom is -0.292 e. The number of pyridine rings is 1. The highest BCUT2D eigenvalue weighted by atomic mass is 16.1. The molecule has 0 N–H and O–H groups in total. The number of rotatable bonds is 3. The molecule has 4 nitrogen and oxygen atoms in total. The first-order chi connectivity index (χ1) is 6.77. The van der Waals surface area contributed by atoms with Crippen LogP contribution in [0.4, 0.5) is 0 Å². The molecule has 14 heavy (non-hydrogen) atoms. The zero-order valence-corrected chi connectivity index (χ0v) is 7.34. The second-order valence-corrected chi connectivity index (χ2v) is 2.65. The van der Waals surface area contributed by atoms with Gasteiger partial charge in [-0.2, -0.15) is 10.5 Å². The van der Waals surface area contributed by atoms with Gasteiger partial charge >= 0.3 is 0 Å². The highest BCUT2D eigenvalue weighted by Gasteiger charge is 2.14. The molecule has 68 valence electrons. The van der Waals surface area contributed by atoms with Crippen LogP contribution in [0.1, 0.15) is 16.9 Å². The molecular weight excluding hydrogens is 178 g/mol. The highest BCUT2D eigenvalue weighted by Crippen LogP contribution is 2.06. The Bertz CT molecular complexity index is 386. The smallest absolute Gasteiger partial charge is 0.183 e. The number of carbonyl (C=O) groups excluding carboxylic acids is 1. The summed E-state index contributed by atoms with van der Waals surface area (Å²) < 4.78 is 0. The van der Waals surface area contributed by atoms with Crippen molar-refractivity contribution in [3.8, 4) is 12.1 Å². The molecular formula is C10H7N3O. The summed E-state index contributed by atoms with van der Waals surface area (Å²) in [5.41, 5.74) is 0.294. The Hall–Kier alpha value is -2.20. The van der Waals surface area contributed by atoms with Gasteiger partial charge in [0.1, 0.15) is 11.6 Å². The lowest BCUT2D eigenvalue weighted by atomic mass is 10.0. The highest BCUT2D eigenvalue weighted by molar-refractivity contribution is 5.94. The molecule has 0 fully saturated rings. The molecule has 0 unspecified atom stereocenters. The molecule has 0 radical (unpaired) electrons. The predicted molar refractivity (Wildman–Crippen MR) is 47.9 cm³/mol. The van der Waals surface area contributed by atoms with Crippen molar-refractivity contribution < 1.29 is 4.79 Å². The molecule has 0 saturated carbocycles. The molecule has 4 heteroatoms. The van der Waals surface area contributed by atoms with Crippen LogP contribution in [0.15, 0.2) is 24.4 Å². The summed E-state index contributed by atoms with van der Waals surface area (Å²) in [5, 5.41) is 17.0. The van der Waals surface area contributed by atoms with E-state index in [1.165, 1.54) is 6.20 Å². The first-order valence-electron chi connectivity index (χ1n) is 4.01. The number of Topliss-reactive ketones (excluding diaryl/α,β-unsaturated/α-hetero) is 1. The van der Waals surface area contributed by atoms with Gasteiger partial charge in [0.2, 0.25) is 0 Å². The number of nitriles is 2. The van der Waals surface area contributed by atoms with E-state index in [4.69, 9.17) is 10.5 Å². The molecule has 0 saturated heterocycles. The van der Waals surface area contributed by atoms with Crippen LogP contribution < -0.4 is 0 Å². The van der Waals surface area contributed by atoms with Gasteiger partial charge in [-0.25, -0.2) is 0 Å². The van der Waals surface area contributed by atoms with Gasteiger partial charge in [0, 0.05) is 12.6 Å². The normalized spacial score (nSPS) is 9.07. The van der Waals surface area contributed by atoms with Crippen molar-refractivity contribution in [2.24, 2.45) is 5.92 Å². The monoisotopic (exact) mass is 185 g/mol. The van der Waals surface area contributed by atoms with E-state index < -0.39 is 5.92 Å². The van der Waals surface area contributed by atoms with E-state index in [0.29, 0.717) is 5.69 Å². The lowest BCUT2D eigenvalue weighted by molar-refractivity contribution is 0.0972. The molecule has 0 aliphatic heterocycles. The SMILES string of the molecule is N#CC(C#N)CC(=O)c1ccccn1. The fourth-order valence-electron chi connectivity index (χ4n) is 0.938. The maximum Gasteiger partial charge on any atom is 0.183 e. The van der Waals surface area contributed by atoms with E-state index in [2.05, 4.69) is 4.98 Å². The fraction of sp³-hybridized carbons (Fsp3) is 0.200. The van der Waals surface area contributed by atoms with Gasteiger partial charge in [-0.15, -0.1) is 0 Å². The third kappa shape index (κ3) is 2.40. The van der Waals surface area contributed by atoms with Gasteiger partial charge in [0.25, 0.3) is 0 Å². The minimum atomic E-state index is -0.885. The van der Waals surface area contributed by atoms with Crippen molar-refractivity contribution >= 4 is 5.78 Å². The zero-order valence-electron chi connectivity index (χ0n) is 7.34. The fourth-order valence-corrected chi connectivity index (χ4v) is 0.938. The van der Waals surface area contributed by atoms with Crippen LogP contribution in [0.25, 0.3) is 0 Å². The van der Waals surface area contributed by atoms with Crippen molar-refractivity contribution in [2.45, 2.75) is 6.42 Å². The zero-order chi connectivity index (χ0) is 10.4. The Balaban J connectivity index is 2.71. The molecule has 1 aromatic heterocycles. The summed E-state index contributed by atoms with van der Waals surface area (Å²) in [6.07, 6.45) is 1.41. The van der Waals surface area contributed by atoms with Gasteiger partial charge in [0.05, 0.1) is 12.1 Å². The minimum absolute atomic E-state index is 0.0932. The number of carbonyl (C=O) groups is 1. The number of hydrogen-bond acceptors (Lipinski definition) is 4. The van der Waals surface area contributed by atoms with Crippen LogP contribution in [0.2, 0.25) is 0 Å². The van der Waals surface area contributed by atoms with Crippen molar-refractivity contribution in [2.75, 3.05) is 0 Å². The van der Waals surface area contributed by atoms with Crippen LogP contribution in [-0.4, -0.2) is 10.8 Å². The predicted octanol–water partition coefficient (Wildman–Crippen LogP) is 1.32. The molecule has 1 aromatic rings. The van der Waals surface area contributed by atoms with E-state index in [9.17, 15) is 4.79 Å². The molecule has 1 heterocycles. The molecule has 0 atom stereocenters. The molecule has 0 aromatic carbocycles. The van der Waals surface area contributed by atoms with Crippen molar-refractivity contribution in [3.63, 3.8) is 0 Å². The Morgan fingerprint density at radius 2 is 2.14 bits per heavy atom. The molecule has 0 spiro atoms. The second-order valence-electron chi connectivity index (χ2n) is 2.65. The van der Waals surface area contributed by atoms with Crippen LogP contribution >= 0.6 is 0 Å². The molecule has 0 bridgehead atoms. The first kappa shape index (κ1) is 9.88. The average molecular weight is 185 g/mol. The van der Waals surface area contributed by atoms with Crippen LogP contribution in [0.3, 0.4) is 0 Å². The summed E-state index contributed by atoms with van der Waals surface area (Å²) in [6, 6.07) is 8.43. The van der Waals surface area contributed by atoms with E-state index in [-0.39, 0.29) is 12.2 Å². The van der Waals surface area contributed by atoms with Gasteiger partial charge in [-0.1, -0.05) is 6.07 Å². The van der Waals surface area contributed by atoms with Gasteiger partial charge in [-0.05, 0) is 12.1 Å². The maximum absolute atomic E-state index is 11.4. The standard InChI is InChI=1S/C10H7N3O/c11-6-8(7-12)5-10(14)9-3-1-2-4-13-9/h1-4,8H,5H2. The van der Waals surface area contributed by atoms with Gasteiger partial charge in [-0.3, -0.25) is 9.78 Å². The maximum atomic E-state index is 11.4.